The van der Waals surface area contributed by atoms with Crippen LogP contribution in [0, 0.1) is 20.8 Å². The zero-order valence-electron chi connectivity index (χ0n) is 8.78. The number of nitrogens with zero attached hydrogens (tertiary/aromatic N) is 2. The predicted molar refractivity (Wildman–Crippen MR) is 60.4 cm³/mol. The van der Waals surface area contributed by atoms with Crippen LogP contribution in [0.2, 0.25) is 0 Å². The molecule has 72 valence electrons. The van der Waals surface area contributed by atoms with E-state index in [2.05, 4.69) is 42.9 Å². The van der Waals surface area contributed by atoms with E-state index in [1.807, 2.05) is 0 Å². The van der Waals surface area contributed by atoms with Crippen LogP contribution in [0.1, 0.15) is 28.4 Å². The molecule has 1 aliphatic heterocycles. The van der Waals surface area contributed by atoms with Crippen LogP contribution in [0.4, 0.5) is 0 Å². The minimum Gasteiger partial charge on any atom is -0.260 e. The Labute approximate surface area is 84.4 Å². The largest absolute Gasteiger partial charge is 0.260 e. The van der Waals surface area contributed by atoms with E-state index in [4.69, 9.17) is 0 Å². The topological polar surface area (TPSA) is 24.7 Å². The summed E-state index contributed by atoms with van der Waals surface area (Å²) in [6.45, 7) is 6.36. The summed E-state index contributed by atoms with van der Waals surface area (Å²) in [7, 11) is 0. The minimum atomic E-state index is -0.00407. The first-order valence-corrected chi connectivity index (χ1v) is 4.81. The Bertz CT molecular complexity index is 381. The van der Waals surface area contributed by atoms with Gasteiger partial charge in [0.2, 0.25) is 0 Å². The van der Waals surface area contributed by atoms with Crippen molar-refractivity contribution < 1.29 is 0 Å². The lowest BCUT2D eigenvalue weighted by Gasteiger charge is -2.13. The molecule has 1 aliphatic rings. The zero-order chi connectivity index (χ0) is 10.1. The fraction of sp³-hybridized carbons (Fsp3) is 0.333. The summed E-state index contributed by atoms with van der Waals surface area (Å²) in [6, 6.07) is 4.37. The Balaban J connectivity index is 2.52. The van der Waals surface area contributed by atoms with E-state index in [1.165, 1.54) is 22.3 Å². The van der Waals surface area contributed by atoms with Gasteiger partial charge in [-0.3, -0.25) is 9.98 Å². The lowest BCUT2D eigenvalue weighted by Crippen LogP contribution is -1.98. The van der Waals surface area contributed by atoms with Crippen molar-refractivity contribution in [2.75, 3.05) is 0 Å². The molecule has 2 nitrogen and oxygen atoms in total. The summed E-state index contributed by atoms with van der Waals surface area (Å²) < 4.78 is 0. The lowest BCUT2D eigenvalue weighted by molar-refractivity contribution is 0.785. The van der Waals surface area contributed by atoms with Crippen molar-refractivity contribution in [3.8, 4) is 0 Å². The summed E-state index contributed by atoms with van der Waals surface area (Å²) in [6.07, 6.45) is 3.53. The Hall–Kier alpha value is -1.44. The molecule has 0 spiro atoms. The van der Waals surface area contributed by atoms with Gasteiger partial charge in [0.05, 0.1) is 0 Å². The molecule has 0 aliphatic carbocycles. The van der Waals surface area contributed by atoms with Crippen LogP contribution in [0.5, 0.6) is 0 Å². The number of hydrogen-bond donors (Lipinski definition) is 0. The molecule has 1 aromatic carbocycles. The van der Waals surface area contributed by atoms with E-state index in [1.54, 1.807) is 12.4 Å². The van der Waals surface area contributed by atoms with Gasteiger partial charge in [-0.05, 0) is 31.9 Å². The standard InChI is InChI=1S/C12H14N2/c1-8-6-9(2)11(10(3)7-8)12-13-4-5-14-12/h4-7,12H,1-3H3. The van der Waals surface area contributed by atoms with Crippen LogP contribution in [0.3, 0.4) is 0 Å². The second-order valence-corrected chi connectivity index (χ2v) is 3.78. The third-order valence-electron chi connectivity index (χ3n) is 2.52. The summed E-state index contributed by atoms with van der Waals surface area (Å²) in [5, 5.41) is 0. The molecule has 0 atom stereocenters. The lowest BCUT2D eigenvalue weighted by atomic mass is 9.98. The van der Waals surface area contributed by atoms with Crippen LogP contribution in [-0.2, 0) is 0 Å². The van der Waals surface area contributed by atoms with Gasteiger partial charge in [-0.2, -0.15) is 0 Å². The molecule has 0 amide bonds. The van der Waals surface area contributed by atoms with Gasteiger partial charge < -0.3 is 0 Å². The van der Waals surface area contributed by atoms with Gasteiger partial charge in [-0.15, -0.1) is 0 Å². The van der Waals surface area contributed by atoms with E-state index in [9.17, 15) is 0 Å². The average Bonchev–Trinajstić information content (AvgIpc) is 2.54. The van der Waals surface area contributed by atoms with E-state index in [-0.39, 0.29) is 6.17 Å². The highest BCUT2D eigenvalue weighted by molar-refractivity contribution is 6.17. The molecule has 1 heterocycles. The number of benzene rings is 1. The third-order valence-corrected chi connectivity index (χ3v) is 2.52. The van der Waals surface area contributed by atoms with Crippen LogP contribution in [-0.4, -0.2) is 12.4 Å². The molecule has 14 heavy (non-hydrogen) atoms. The third kappa shape index (κ3) is 1.48. The smallest absolute Gasteiger partial charge is 0.165 e. The van der Waals surface area contributed by atoms with Crippen molar-refractivity contribution in [1.29, 1.82) is 0 Å². The highest BCUT2D eigenvalue weighted by Gasteiger charge is 2.14. The predicted octanol–water partition coefficient (Wildman–Crippen LogP) is 2.77. The molecule has 1 aromatic rings. The Morgan fingerprint density at radius 3 is 1.93 bits per heavy atom. The van der Waals surface area contributed by atoms with Gasteiger partial charge in [0.25, 0.3) is 0 Å². The maximum absolute atomic E-state index is 4.31. The highest BCUT2D eigenvalue weighted by atomic mass is 15.0. The first-order valence-electron chi connectivity index (χ1n) is 4.81. The van der Waals surface area contributed by atoms with E-state index in [0.717, 1.165) is 0 Å². The number of rotatable bonds is 1. The zero-order valence-corrected chi connectivity index (χ0v) is 8.78. The quantitative estimate of drug-likeness (QED) is 0.644. The maximum atomic E-state index is 4.31. The van der Waals surface area contributed by atoms with Crippen molar-refractivity contribution >= 4 is 12.4 Å². The molecule has 0 aromatic heterocycles. The Morgan fingerprint density at radius 1 is 0.929 bits per heavy atom. The summed E-state index contributed by atoms with van der Waals surface area (Å²) >= 11 is 0. The molecule has 0 bridgehead atoms. The van der Waals surface area contributed by atoms with Crippen LogP contribution >= 0.6 is 0 Å². The summed E-state index contributed by atoms with van der Waals surface area (Å²) in [5.41, 5.74) is 5.11. The first-order chi connectivity index (χ1) is 6.68. The molecule has 0 radical (unpaired) electrons. The van der Waals surface area contributed by atoms with Crippen molar-refractivity contribution in [2.24, 2.45) is 9.98 Å². The second-order valence-electron chi connectivity index (χ2n) is 3.78. The number of aryl methyl sites for hydroxylation is 3. The molecule has 2 rings (SSSR count). The van der Waals surface area contributed by atoms with Crippen LogP contribution in [0.25, 0.3) is 0 Å². The normalized spacial score (nSPS) is 15.4. The molecule has 2 heteroatoms. The molecule has 0 saturated heterocycles. The molecular weight excluding hydrogens is 172 g/mol. The fourth-order valence-electron chi connectivity index (χ4n) is 2.03. The SMILES string of the molecule is Cc1cc(C)c(C2N=CC=N2)c(C)c1. The second kappa shape index (κ2) is 3.37. The van der Waals surface area contributed by atoms with Gasteiger partial charge in [-0.25, -0.2) is 0 Å². The van der Waals surface area contributed by atoms with Crippen molar-refractivity contribution in [3.63, 3.8) is 0 Å². The van der Waals surface area contributed by atoms with E-state index in [0.29, 0.717) is 0 Å². The van der Waals surface area contributed by atoms with Crippen LogP contribution < -0.4 is 0 Å². The fourth-order valence-corrected chi connectivity index (χ4v) is 2.03. The van der Waals surface area contributed by atoms with Crippen molar-refractivity contribution in [2.45, 2.75) is 26.9 Å². The highest BCUT2D eigenvalue weighted by Crippen LogP contribution is 2.28. The number of aliphatic imine (C=N–C) groups is 2. The van der Waals surface area contributed by atoms with E-state index < -0.39 is 0 Å². The van der Waals surface area contributed by atoms with Gasteiger partial charge in [0.1, 0.15) is 0 Å². The Morgan fingerprint density at radius 2 is 1.43 bits per heavy atom. The summed E-state index contributed by atoms with van der Waals surface area (Å²) in [4.78, 5) is 8.62. The molecule has 0 saturated carbocycles. The number of hydrogen-bond acceptors (Lipinski definition) is 2. The van der Waals surface area contributed by atoms with Crippen molar-refractivity contribution in [1.82, 2.24) is 0 Å². The average molecular weight is 186 g/mol. The monoisotopic (exact) mass is 186 g/mol. The summed E-state index contributed by atoms with van der Waals surface area (Å²) in [5.74, 6) is 0. The van der Waals surface area contributed by atoms with Gasteiger partial charge in [0.15, 0.2) is 6.17 Å². The van der Waals surface area contributed by atoms with Crippen LogP contribution in [0.15, 0.2) is 22.1 Å². The molecule has 0 unspecified atom stereocenters. The van der Waals surface area contributed by atoms with Gasteiger partial charge >= 0.3 is 0 Å². The van der Waals surface area contributed by atoms with Gasteiger partial charge in [0, 0.05) is 18.0 Å². The van der Waals surface area contributed by atoms with Crippen molar-refractivity contribution in [3.05, 3.63) is 34.4 Å². The maximum Gasteiger partial charge on any atom is 0.165 e. The minimum absolute atomic E-state index is 0.00407. The van der Waals surface area contributed by atoms with Gasteiger partial charge in [-0.1, -0.05) is 17.7 Å². The molecular formula is C12H14N2. The molecule has 0 fully saturated rings. The van der Waals surface area contributed by atoms with E-state index >= 15 is 0 Å². The first kappa shape index (κ1) is 9.13. The Kier molecular flexibility index (Phi) is 2.20. The molecule has 0 N–H and O–H groups in total.